The molecule has 8 nitrogen and oxygen atoms in total. The molecule has 0 N–H and O–H groups in total. The number of likely N-dealkylation sites (tertiary alicyclic amines) is 1. The lowest BCUT2D eigenvalue weighted by atomic mass is 9.85. The van der Waals surface area contributed by atoms with Gasteiger partial charge in [0.2, 0.25) is 5.91 Å². The zero-order valence-corrected chi connectivity index (χ0v) is 21.3. The van der Waals surface area contributed by atoms with E-state index in [1.807, 2.05) is 12.1 Å². The number of carbonyl (C=O) groups is 1. The van der Waals surface area contributed by atoms with Crippen LogP contribution in [-0.2, 0) is 42.1 Å². The second-order valence-corrected chi connectivity index (χ2v) is 10.7. The quantitative estimate of drug-likeness (QED) is 0.514. The number of halogens is 3. The van der Waals surface area contributed by atoms with Gasteiger partial charge in [-0.2, -0.15) is 13.2 Å². The summed E-state index contributed by atoms with van der Waals surface area (Å²) < 4.78 is 52.2. The fourth-order valence-corrected chi connectivity index (χ4v) is 6.62. The highest BCUT2D eigenvalue weighted by molar-refractivity contribution is 5.84. The maximum absolute atomic E-state index is 14.0. The molecule has 2 atom stereocenters. The summed E-state index contributed by atoms with van der Waals surface area (Å²) in [4.78, 5) is 34.0. The molecule has 38 heavy (non-hydrogen) atoms. The molecule has 3 aromatic rings. The van der Waals surface area contributed by atoms with Gasteiger partial charge in [-0.1, -0.05) is 6.07 Å². The number of aryl methyl sites for hydroxylation is 2. The van der Waals surface area contributed by atoms with Crippen molar-refractivity contribution in [1.82, 2.24) is 19.4 Å². The van der Waals surface area contributed by atoms with Crippen molar-refractivity contribution in [2.75, 3.05) is 33.4 Å². The summed E-state index contributed by atoms with van der Waals surface area (Å²) in [5, 5.41) is 0. The Morgan fingerprint density at radius 2 is 2.08 bits per heavy atom. The smallest absolute Gasteiger partial charge is 0.408 e. The number of oxazole rings is 1. The average Bonchev–Trinajstić information content (AvgIpc) is 3.58. The van der Waals surface area contributed by atoms with Crippen LogP contribution in [0, 0.1) is 5.41 Å². The van der Waals surface area contributed by atoms with Crippen LogP contribution < -0.4 is 5.76 Å². The summed E-state index contributed by atoms with van der Waals surface area (Å²) in [5.74, 6) is -0.473. The highest BCUT2D eigenvalue weighted by Gasteiger charge is 2.49. The molecular formula is C27H29F3N4O4. The molecule has 11 heteroatoms. The molecule has 0 saturated carbocycles. The maximum atomic E-state index is 14.0. The van der Waals surface area contributed by atoms with Crippen molar-refractivity contribution in [2.24, 2.45) is 12.5 Å². The highest BCUT2D eigenvalue weighted by Crippen LogP contribution is 2.45. The molecule has 2 unspecified atom stereocenters. The second-order valence-electron chi connectivity index (χ2n) is 10.7. The molecule has 3 aliphatic rings. The predicted molar refractivity (Wildman–Crippen MR) is 131 cm³/mol. The van der Waals surface area contributed by atoms with Gasteiger partial charge in [0.1, 0.15) is 0 Å². The fourth-order valence-electron chi connectivity index (χ4n) is 6.62. The van der Waals surface area contributed by atoms with E-state index in [0.717, 1.165) is 41.7 Å². The number of methoxy groups -OCH3 is 1. The molecule has 6 rings (SSSR count). The average molecular weight is 531 g/mol. The van der Waals surface area contributed by atoms with Gasteiger partial charge in [0.05, 0.1) is 23.1 Å². The number of rotatable bonds is 4. The van der Waals surface area contributed by atoms with Crippen LogP contribution in [-0.4, -0.2) is 58.6 Å². The van der Waals surface area contributed by atoms with Gasteiger partial charge in [0.25, 0.3) is 0 Å². The van der Waals surface area contributed by atoms with Crippen molar-refractivity contribution in [1.29, 1.82) is 0 Å². The van der Waals surface area contributed by atoms with E-state index in [0.29, 0.717) is 49.3 Å². The van der Waals surface area contributed by atoms with E-state index in [9.17, 15) is 22.8 Å². The van der Waals surface area contributed by atoms with E-state index in [4.69, 9.17) is 9.15 Å². The maximum Gasteiger partial charge on any atom is 0.419 e. The summed E-state index contributed by atoms with van der Waals surface area (Å²) in [6, 6.07) is 5.08. The van der Waals surface area contributed by atoms with E-state index < -0.39 is 17.2 Å². The zero-order valence-electron chi connectivity index (χ0n) is 21.3. The van der Waals surface area contributed by atoms with Crippen LogP contribution in [0.2, 0.25) is 0 Å². The number of benzene rings is 1. The third-order valence-electron chi connectivity index (χ3n) is 8.47. The van der Waals surface area contributed by atoms with Gasteiger partial charge in [-0.3, -0.25) is 19.2 Å². The summed E-state index contributed by atoms with van der Waals surface area (Å²) in [5.41, 5.74) is 3.14. The van der Waals surface area contributed by atoms with Crippen LogP contribution >= 0.6 is 0 Å². The third kappa shape index (κ3) is 3.94. The molecule has 0 radical (unpaired) electrons. The number of amides is 1. The minimum Gasteiger partial charge on any atom is -0.408 e. The molecule has 1 fully saturated rings. The van der Waals surface area contributed by atoms with E-state index in [1.165, 1.54) is 0 Å². The number of carbonyl (C=O) groups excluding carboxylic acids is 1. The third-order valence-corrected chi connectivity index (χ3v) is 8.47. The molecular weight excluding hydrogens is 501 g/mol. The van der Waals surface area contributed by atoms with Crippen molar-refractivity contribution in [3.8, 4) is 0 Å². The number of pyridine rings is 1. The first-order valence-electron chi connectivity index (χ1n) is 12.8. The van der Waals surface area contributed by atoms with Crippen molar-refractivity contribution >= 4 is 17.0 Å². The first-order chi connectivity index (χ1) is 18.1. The topological polar surface area (TPSA) is 80.8 Å². The van der Waals surface area contributed by atoms with Gasteiger partial charge in [-0.05, 0) is 54.6 Å². The van der Waals surface area contributed by atoms with E-state index in [1.54, 1.807) is 23.6 Å². The number of ether oxygens (including phenoxy) is 1. The number of hydrogen-bond donors (Lipinski definition) is 0. The largest absolute Gasteiger partial charge is 0.419 e. The van der Waals surface area contributed by atoms with E-state index in [2.05, 4.69) is 9.88 Å². The molecule has 2 aliphatic heterocycles. The molecule has 1 amide bonds. The summed E-state index contributed by atoms with van der Waals surface area (Å²) in [6.45, 7) is 1.95. The molecule has 1 aliphatic carbocycles. The SMILES string of the molecule is COCC1(C(=O)N2CCc3ncc(C(F)(F)F)cc3C2)CCN(C2CCc3c2ccc2oc(=O)n(C)c32)C1. The van der Waals surface area contributed by atoms with E-state index >= 15 is 0 Å². The molecule has 1 aromatic carbocycles. The van der Waals surface area contributed by atoms with Gasteiger partial charge in [0, 0.05) is 58.1 Å². The number of aromatic nitrogens is 2. The number of fused-ring (bicyclic) bond motifs is 4. The lowest BCUT2D eigenvalue weighted by Gasteiger charge is -2.37. The fraction of sp³-hybridized carbons (Fsp3) is 0.519. The predicted octanol–water partition coefficient (Wildman–Crippen LogP) is 3.46. The van der Waals surface area contributed by atoms with Gasteiger partial charge in [-0.15, -0.1) is 0 Å². The van der Waals surface area contributed by atoms with Crippen molar-refractivity contribution in [2.45, 2.75) is 44.4 Å². The summed E-state index contributed by atoms with van der Waals surface area (Å²) in [7, 11) is 3.29. The summed E-state index contributed by atoms with van der Waals surface area (Å²) >= 11 is 0. The van der Waals surface area contributed by atoms with Gasteiger partial charge >= 0.3 is 11.9 Å². The molecule has 2 aromatic heterocycles. The lowest BCUT2D eigenvalue weighted by Crippen LogP contribution is -2.49. The van der Waals surface area contributed by atoms with Crippen molar-refractivity contribution in [3.63, 3.8) is 0 Å². The number of alkyl halides is 3. The Labute approximate surface area is 217 Å². The Balaban J connectivity index is 1.25. The van der Waals surface area contributed by atoms with Crippen LogP contribution in [0.1, 0.15) is 46.8 Å². The Bertz CT molecular complexity index is 1480. The minimum atomic E-state index is -4.48. The standard InChI is InChI=1S/C27H29F3N4O4/c1-32-23-19-3-5-21(18(19)4-6-22(23)38-25(32)36)34-10-8-26(14-34,15-37-2)24(35)33-9-7-20-16(13-33)11-17(12-31-20)27(28,29)30/h4,6,11-12,21H,3,5,7-10,13-15H2,1-2H3. The Morgan fingerprint density at radius 3 is 2.84 bits per heavy atom. The van der Waals surface area contributed by atoms with E-state index in [-0.39, 0.29) is 30.9 Å². The van der Waals surface area contributed by atoms with Gasteiger partial charge < -0.3 is 14.1 Å². The lowest BCUT2D eigenvalue weighted by molar-refractivity contribution is -0.145. The first-order valence-corrected chi connectivity index (χ1v) is 12.8. The zero-order chi connectivity index (χ0) is 26.8. The Kier molecular flexibility index (Phi) is 5.91. The van der Waals surface area contributed by atoms with Gasteiger partial charge in [-0.25, -0.2) is 4.79 Å². The Morgan fingerprint density at radius 1 is 1.26 bits per heavy atom. The van der Waals surface area contributed by atoms with Crippen LogP contribution in [0.15, 0.2) is 33.6 Å². The number of hydrogen-bond acceptors (Lipinski definition) is 6. The number of nitrogens with zero attached hydrogens (tertiary/aromatic N) is 4. The second kappa shape index (κ2) is 8.94. The Hall–Kier alpha value is -3.18. The molecule has 4 heterocycles. The van der Waals surface area contributed by atoms with Crippen LogP contribution in [0.25, 0.3) is 11.1 Å². The highest BCUT2D eigenvalue weighted by atomic mass is 19.4. The monoisotopic (exact) mass is 530 g/mol. The molecule has 202 valence electrons. The van der Waals surface area contributed by atoms with Crippen molar-refractivity contribution in [3.05, 3.63) is 62.9 Å². The van der Waals surface area contributed by atoms with Crippen LogP contribution in [0.4, 0.5) is 13.2 Å². The van der Waals surface area contributed by atoms with Crippen LogP contribution in [0.3, 0.4) is 0 Å². The van der Waals surface area contributed by atoms with Crippen LogP contribution in [0.5, 0.6) is 0 Å². The normalized spacial score (nSPS) is 23.7. The molecule has 1 saturated heterocycles. The first kappa shape index (κ1) is 25.1. The van der Waals surface area contributed by atoms with Gasteiger partial charge in [0.15, 0.2) is 5.58 Å². The minimum absolute atomic E-state index is 0.0872. The molecule has 0 bridgehead atoms. The van der Waals surface area contributed by atoms with Crippen molar-refractivity contribution < 1.29 is 27.1 Å². The molecule has 0 spiro atoms. The summed E-state index contributed by atoms with van der Waals surface area (Å²) in [6.07, 6.45) is -0.920.